The van der Waals surface area contributed by atoms with Gasteiger partial charge in [-0.3, -0.25) is 4.90 Å². The monoisotopic (exact) mass is 268 g/mol. The van der Waals surface area contributed by atoms with Crippen LogP contribution in [-0.2, 0) is 0 Å². The van der Waals surface area contributed by atoms with Gasteiger partial charge in [0.15, 0.2) is 0 Å². The maximum atomic E-state index is 9.87. The summed E-state index contributed by atoms with van der Waals surface area (Å²) in [6.45, 7) is 11.9. The Morgan fingerprint density at radius 3 is 2.58 bits per heavy atom. The van der Waals surface area contributed by atoms with E-state index in [2.05, 4.69) is 37.9 Å². The molecule has 2 atom stereocenters. The van der Waals surface area contributed by atoms with Crippen molar-refractivity contribution in [3.63, 3.8) is 0 Å². The number of aliphatic hydroxyl groups is 1. The lowest BCUT2D eigenvalue weighted by atomic mass is 9.78. The Labute approximate surface area is 118 Å². The number of nitrogens with zero attached hydrogens (tertiary/aromatic N) is 1. The van der Waals surface area contributed by atoms with Crippen molar-refractivity contribution < 1.29 is 5.11 Å². The molecule has 0 aromatic carbocycles. The number of rotatable bonds is 4. The van der Waals surface area contributed by atoms with Gasteiger partial charge in [0.05, 0.1) is 6.61 Å². The van der Waals surface area contributed by atoms with E-state index in [-0.39, 0.29) is 12.1 Å². The average molecular weight is 268 g/mol. The molecule has 1 aliphatic heterocycles. The third-order valence-corrected chi connectivity index (χ3v) is 4.94. The number of hydrogen-bond acceptors (Lipinski definition) is 3. The molecule has 3 heteroatoms. The van der Waals surface area contributed by atoms with Crippen molar-refractivity contribution in [2.75, 3.05) is 19.7 Å². The van der Waals surface area contributed by atoms with E-state index < -0.39 is 0 Å². The molecule has 1 saturated carbocycles. The molecule has 1 saturated heterocycles. The SMILES string of the molecule is CC(C)NC1(CO)CCCC(N2CCC(C)(C)C2)C1. The van der Waals surface area contributed by atoms with E-state index in [9.17, 15) is 5.11 Å². The van der Waals surface area contributed by atoms with E-state index in [0.29, 0.717) is 17.5 Å². The Kier molecular flexibility index (Phi) is 4.59. The summed E-state index contributed by atoms with van der Waals surface area (Å²) in [6.07, 6.45) is 6.08. The first-order valence-corrected chi connectivity index (χ1v) is 7.98. The number of aliphatic hydroxyl groups excluding tert-OH is 1. The first-order chi connectivity index (χ1) is 8.86. The maximum absolute atomic E-state index is 9.87. The highest BCUT2D eigenvalue weighted by Gasteiger charge is 2.41. The van der Waals surface area contributed by atoms with Crippen LogP contribution >= 0.6 is 0 Å². The smallest absolute Gasteiger partial charge is 0.0613 e. The van der Waals surface area contributed by atoms with Crippen molar-refractivity contribution >= 4 is 0 Å². The molecule has 0 aromatic heterocycles. The number of nitrogens with one attached hydrogen (secondary N) is 1. The van der Waals surface area contributed by atoms with Gasteiger partial charge in [0.2, 0.25) is 0 Å². The van der Waals surface area contributed by atoms with Crippen LogP contribution < -0.4 is 5.32 Å². The van der Waals surface area contributed by atoms with Crippen molar-refractivity contribution in [2.24, 2.45) is 5.41 Å². The third kappa shape index (κ3) is 3.71. The zero-order valence-electron chi connectivity index (χ0n) is 13.2. The van der Waals surface area contributed by atoms with E-state index >= 15 is 0 Å². The summed E-state index contributed by atoms with van der Waals surface area (Å²) in [4.78, 5) is 2.67. The molecule has 0 bridgehead atoms. The van der Waals surface area contributed by atoms with Crippen LogP contribution in [0.2, 0.25) is 0 Å². The van der Waals surface area contributed by atoms with Gasteiger partial charge in [0, 0.05) is 24.2 Å². The summed E-state index contributed by atoms with van der Waals surface area (Å²) in [5, 5.41) is 13.5. The van der Waals surface area contributed by atoms with Gasteiger partial charge >= 0.3 is 0 Å². The van der Waals surface area contributed by atoms with Crippen LogP contribution in [0, 0.1) is 5.41 Å². The first-order valence-electron chi connectivity index (χ1n) is 7.98. The molecule has 2 unspecified atom stereocenters. The first kappa shape index (κ1) is 15.3. The Bertz CT molecular complexity index is 303. The molecule has 3 nitrogen and oxygen atoms in total. The lowest BCUT2D eigenvalue weighted by molar-refractivity contribution is 0.0599. The van der Waals surface area contributed by atoms with Gasteiger partial charge in [-0.25, -0.2) is 0 Å². The Hall–Kier alpha value is -0.120. The normalized spacial score (nSPS) is 36.0. The van der Waals surface area contributed by atoms with Crippen molar-refractivity contribution in [2.45, 2.75) is 77.4 Å². The highest BCUT2D eigenvalue weighted by molar-refractivity contribution is 4.99. The number of hydrogen-bond donors (Lipinski definition) is 2. The molecule has 2 fully saturated rings. The fourth-order valence-corrected chi connectivity index (χ4v) is 4.04. The van der Waals surface area contributed by atoms with Crippen LogP contribution in [0.3, 0.4) is 0 Å². The standard InChI is InChI=1S/C16H32N2O/c1-13(2)17-16(12-19)7-5-6-14(10-16)18-9-8-15(3,4)11-18/h13-14,17,19H,5-12H2,1-4H3. The molecule has 112 valence electrons. The third-order valence-electron chi connectivity index (χ3n) is 4.94. The van der Waals surface area contributed by atoms with Crippen LogP contribution in [0.4, 0.5) is 0 Å². The lowest BCUT2D eigenvalue weighted by Gasteiger charge is -2.45. The second-order valence-electron chi connectivity index (χ2n) is 7.87. The summed E-state index contributed by atoms with van der Waals surface area (Å²) < 4.78 is 0. The van der Waals surface area contributed by atoms with Crippen molar-refractivity contribution in [3.05, 3.63) is 0 Å². The molecule has 1 heterocycles. The van der Waals surface area contributed by atoms with Gasteiger partial charge in [0.25, 0.3) is 0 Å². The minimum Gasteiger partial charge on any atom is -0.394 e. The minimum absolute atomic E-state index is 0.0379. The summed E-state index contributed by atoms with van der Waals surface area (Å²) >= 11 is 0. The Morgan fingerprint density at radius 1 is 1.32 bits per heavy atom. The number of likely N-dealkylation sites (tertiary alicyclic amines) is 1. The summed E-state index contributed by atoms with van der Waals surface area (Å²) in [5.74, 6) is 0. The van der Waals surface area contributed by atoms with Gasteiger partial charge < -0.3 is 10.4 Å². The zero-order valence-corrected chi connectivity index (χ0v) is 13.2. The highest BCUT2D eigenvalue weighted by Crippen LogP contribution is 2.37. The highest BCUT2D eigenvalue weighted by atomic mass is 16.3. The molecule has 2 rings (SSSR count). The lowest BCUT2D eigenvalue weighted by Crippen LogP contribution is -2.57. The predicted octanol–water partition coefficient (Wildman–Crippen LogP) is 2.39. The van der Waals surface area contributed by atoms with Gasteiger partial charge in [-0.15, -0.1) is 0 Å². The van der Waals surface area contributed by atoms with E-state index in [0.717, 1.165) is 12.8 Å². The Balaban J connectivity index is 2.00. The maximum Gasteiger partial charge on any atom is 0.0613 e. The van der Waals surface area contributed by atoms with Crippen molar-refractivity contribution in [1.82, 2.24) is 10.2 Å². The van der Waals surface area contributed by atoms with Gasteiger partial charge in [0.1, 0.15) is 0 Å². The van der Waals surface area contributed by atoms with E-state index in [1.54, 1.807) is 0 Å². The molecule has 0 amide bonds. The van der Waals surface area contributed by atoms with Crippen LogP contribution in [0.15, 0.2) is 0 Å². The van der Waals surface area contributed by atoms with Crippen molar-refractivity contribution in [3.8, 4) is 0 Å². The van der Waals surface area contributed by atoms with E-state index in [1.807, 2.05) is 0 Å². The van der Waals surface area contributed by atoms with E-state index in [4.69, 9.17) is 0 Å². The quantitative estimate of drug-likeness (QED) is 0.822. The van der Waals surface area contributed by atoms with Crippen molar-refractivity contribution in [1.29, 1.82) is 0 Å². The zero-order chi connectivity index (χ0) is 14.1. The van der Waals surface area contributed by atoms with E-state index in [1.165, 1.54) is 32.4 Å². The molecule has 0 aromatic rings. The topological polar surface area (TPSA) is 35.5 Å². The van der Waals surface area contributed by atoms with Crippen LogP contribution in [0.25, 0.3) is 0 Å². The molecule has 1 aliphatic carbocycles. The second kappa shape index (κ2) is 5.71. The molecule has 0 spiro atoms. The summed E-state index contributed by atoms with van der Waals surface area (Å²) in [6, 6.07) is 1.11. The van der Waals surface area contributed by atoms with Gasteiger partial charge in [-0.05, 0) is 44.1 Å². The Morgan fingerprint density at radius 2 is 2.05 bits per heavy atom. The second-order valence-corrected chi connectivity index (χ2v) is 7.87. The molecular weight excluding hydrogens is 236 g/mol. The minimum atomic E-state index is -0.0379. The van der Waals surface area contributed by atoms with Crippen LogP contribution in [-0.4, -0.2) is 47.3 Å². The molecule has 2 N–H and O–H groups in total. The largest absolute Gasteiger partial charge is 0.394 e. The molecule has 0 radical (unpaired) electrons. The molecule has 2 aliphatic rings. The predicted molar refractivity (Wildman–Crippen MR) is 80.3 cm³/mol. The van der Waals surface area contributed by atoms with Crippen LogP contribution in [0.5, 0.6) is 0 Å². The average Bonchev–Trinajstić information content (AvgIpc) is 2.69. The molecular formula is C16H32N2O. The van der Waals surface area contributed by atoms with Gasteiger partial charge in [-0.1, -0.05) is 27.7 Å². The van der Waals surface area contributed by atoms with Crippen LogP contribution in [0.1, 0.15) is 59.8 Å². The van der Waals surface area contributed by atoms with Gasteiger partial charge in [-0.2, -0.15) is 0 Å². The fraction of sp³-hybridized carbons (Fsp3) is 1.00. The fourth-order valence-electron chi connectivity index (χ4n) is 4.04. The summed E-state index contributed by atoms with van der Waals surface area (Å²) in [7, 11) is 0. The molecule has 19 heavy (non-hydrogen) atoms. The summed E-state index contributed by atoms with van der Waals surface area (Å²) in [5.41, 5.74) is 0.439.